The standard InChI is InChI=1S/C44H31N10O10S4.4Li/c1-25-37(22-45)41(47-31-10-14-34(15-11-31)66(55,56)57)50-42(48-32-12-16-35(17-13-32)67(58,59)60)39(25)52-54-44-49-40(30-9-8-27-4-2-3-5-28(27)19-30)43(65-44)53-51-33-20-29-7-6-26(23-64-24-46)18-36(29)38(21-33)68(61,62)63;;;;/h2-6,8-21,24,46H,23H2,1H3,(H2,47,48,50)(H,55,56,57)(H,58,59,60)(H,61,62,63);;;;/q-1;4*+1/p-3. The van der Waals surface area contributed by atoms with E-state index in [1.165, 1.54) is 42.5 Å². The molecule has 342 valence electrons. The van der Waals surface area contributed by atoms with Crippen molar-refractivity contribution in [2.45, 2.75) is 28.2 Å². The number of azo groups is 2. The molecule has 8 rings (SSSR count). The molecule has 0 amide bonds. The van der Waals surface area contributed by atoms with Gasteiger partial charge in [-0.25, -0.2) is 35.2 Å². The van der Waals surface area contributed by atoms with Gasteiger partial charge in [0.15, 0.2) is 23.0 Å². The molecule has 0 aliphatic heterocycles. The summed E-state index contributed by atoms with van der Waals surface area (Å²) in [4.78, 5) is 7.76. The van der Waals surface area contributed by atoms with Gasteiger partial charge in [0.05, 0.1) is 22.0 Å². The van der Waals surface area contributed by atoms with E-state index in [4.69, 9.17) is 15.1 Å². The Morgan fingerprint density at radius 3 is 1.93 bits per heavy atom. The molecule has 0 saturated carbocycles. The fourth-order valence-corrected chi connectivity index (χ4v) is 9.09. The molecule has 0 saturated heterocycles. The van der Waals surface area contributed by atoms with Crippen molar-refractivity contribution in [3.8, 4) is 17.3 Å². The van der Waals surface area contributed by atoms with Crippen LogP contribution in [0.2, 0.25) is 0 Å². The first kappa shape index (κ1) is 59.1. The van der Waals surface area contributed by atoms with Gasteiger partial charge in [0, 0.05) is 33.1 Å². The fraction of sp³-hybridized carbons (Fsp3) is 0.0455. The van der Waals surface area contributed by atoms with Crippen LogP contribution < -0.4 is 86.1 Å². The van der Waals surface area contributed by atoms with E-state index in [1.807, 2.05) is 42.5 Å². The largest absolute Gasteiger partial charge is 1.00 e. The van der Waals surface area contributed by atoms with Gasteiger partial charge in [0.1, 0.15) is 47.8 Å². The third-order valence-corrected chi connectivity index (χ3v) is 13.3. The van der Waals surface area contributed by atoms with E-state index in [-0.39, 0.29) is 148 Å². The molecule has 2 aromatic heterocycles. The van der Waals surface area contributed by atoms with Crippen molar-refractivity contribution in [3.05, 3.63) is 138 Å². The van der Waals surface area contributed by atoms with Crippen LogP contribution in [0.5, 0.6) is 0 Å². The molecule has 0 atom stereocenters. The molecule has 0 fully saturated rings. The van der Waals surface area contributed by atoms with Crippen LogP contribution in [-0.4, -0.2) is 55.3 Å². The monoisotopic (exact) mass is 1010 g/mol. The molecule has 3 N–H and O–H groups in total. The molecule has 0 aliphatic rings. The van der Waals surface area contributed by atoms with E-state index >= 15 is 0 Å². The second kappa shape index (κ2) is 24.5. The molecule has 72 heavy (non-hydrogen) atoms. The van der Waals surface area contributed by atoms with Crippen molar-refractivity contribution in [2.24, 2.45) is 20.5 Å². The van der Waals surface area contributed by atoms with E-state index in [9.17, 15) is 44.2 Å². The summed E-state index contributed by atoms with van der Waals surface area (Å²) < 4.78 is 112. The molecule has 0 radical (unpaired) electrons. The average Bonchev–Trinajstić information content (AvgIpc) is 3.72. The number of rotatable bonds is 15. The van der Waals surface area contributed by atoms with Gasteiger partial charge in [-0.3, -0.25) is 5.41 Å². The van der Waals surface area contributed by atoms with Crippen molar-refractivity contribution in [1.29, 1.82) is 10.7 Å². The zero-order valence-electron chi connectivity index (χ0n) is 38.6. The minimum atomic E-state index is -5.03. The number of hydrogen-bond donors (Lipinski definition) is 3. The van der Waals surface area contributed by atoms with E-state index in [1.54, 1.807) is 6.92 Å². The maximum absolute atomic E-state index is 12.5. The van der Waals surface area contributed by atoms with Gasteiger partial charge in [-0.1, -0.05) is 58.7 Å². The first-order valence-corrected chi connectivity index (χ1v) is 24.4. The smallest absolute Gasteiger partial charge is 0.745 e. The summed E-state index contributed by atoms with van der Waals surface area (Å²) in [6, 6.07) is 33.2. The first-order valence-electron chi connectivity index (χ1n) is 19.4. The maximum Gasteiger partial charge on any atom is 1.00 e. The van der Waals surface area contributed by atoms with Crippen LogP contribution in [0.4, 0.5) is 44.5 Å². The Balaban J connectivity index is 0.00000281. The summed E-state index contributed by atoms with van der Waals surface area (Å²) in [5, 5.41) is 43.4. The van der Waals surface area contributed by atoms with E-state index in [0.29, 0.717) is 16.8 Å². The number of ether oxygens (including phenoxy) is 1. The van der Waals surface area contributed by atoms with Gasteiger partial charge in [-0.15, -0.1) is 45.0 Å². The van der Waals surface area contributed by atoms with Gasteiger partial charge < -0.3 is 29.0 Å². The van der Waals surface area contributed by atoms with Crippen molar-refractivity contribution in [3.63, 3.8) is 0 Å². The molecule has 0 bridgehead atoms. The maximum atomic E-state index is 12.5. The topological polar surface area (TPSA) is 328 Å². The third kappa shape index (κ3) is 13.8. The summed E-state index contributed by atoms with van der Waals surface area (Å²) in [5.74, 6) is -0.0583. The molecule has 8 aromatic rings. The van der Waals surface area contributed by atoms with E-state index < -0.39 is 45.0 Å². The molecule has 0 unspecified atom stereocenters. The second-order valence-corrected chi connectivity index (χ2v) is 19.4. The van der Waals surface area contributed by atoms with E-state index in [2.05, 4.69) is 48.2 Å². The number of aromatic nitrogens is 2. The molecule has 0 spiro atoms. The Morgan fingerprint density at radius 2 is 1.35 bits per heavy atom. The Kier molecular flexibility index (Phi) is 20.1. The van der Waals surface area contributed by atoms with Crippen LogP contribution in [0.15, 0.2) is 150 Å². The van der Waals surface area contributed by atoms with Crippen LogP contribution in [0, 0.1) is 29.7 Å². The molecule has 20 nitrogen and oxygen atoms in total. The van der Waals surface area contributed by atoms with Gasteiger partial charge in [-0.2, -0.15) is 10.4 Å². The summed E-state index contributed by atoms with van der Waals surface area (Å²) >= 11 is 0.937. The van der Waals surface area contributed by atoms with Crippen LogP contribution in [0.1, 0.15) is 16.7 Å². The van der Waals surface area contributed by atoms with Gasteiger partial charge >= 0.3 is 75.4 Å². The van der Waals surface area contributed by atoms with Gasteiger partial charge in [-0.05, 0) is 78.4 Å². The van der Waals surface area contributed by atoms with Gasteiger partial charge in [0.25, 0.3) is 0 Å². The number of benzene rings is 6. The number of nitriles is 1. The van der Waals surface area contributed by atoms with Crippen LogP contribution in [0.3, 0.4) is 0 Å². The number of nitrogens with one attached hydrogen (secondary N) is 3. The predicted molar refractivity (Wildman–Crippen MR) is 247 cm³/mol. The van der Waals surface area contributed by atoms with Crippen LogP contribution >= 0.6 is 11.3 Å². The number of anilines is 4. The first-order chi connectivity index (χ1) is 32.4. The Bertz CT molecular complexity index is 3790. The van der Waals surface area contributed by atoms with Crippen molar-refractivity contribution in [2.75, 3.05) is 10.6 Å². The number of thiazole rings is 1. The summed E-state index contributed by atoms with van der Waals surface area (Å²) in [6.07, 6.45) is 0.727. The Labute approximate surface area is 464 Å². The minimum Gasteiger partial charge on any atom is -0.745 e. The molecule has 0 aliphatic carbocycles. The normalized spacial score (nSPS) is 11.5. The number of nitrogens with zero attached hydrogens (tertiary/aromatic N) is 7. The number of hydrogen-bond acceptors (Lipinski definition) is 21. The summed E-state index contributed by atoms with van der Waals surface area (Å²) in [6.45, 7) is 1.49. The average molecular weight is 1010 g/mol. The van der Waals surface area contributed by atoms with Gasteiger partial charge in [0.2, 0.25) is 5.13 Å². The minimum absolute atomic E-state index is 0. The zero-order chi connectivity index (χ0) is 48.4. The van der Waals surface area contributed by atoms with Crippen LogP contribution in [0.25, 0.3) is 32.8 Å². The quantitative estimate of drug-likeness (QED) is 0.0242. The Morgan fingerprint density at radius 1 is 0.736 bits per heavy atom. The molecular formula is C44H28Li4N10O10S4. The van der Waals surface area contributed by atoms with Crippen LogP contribution in [-0.2, 0) is 41.7 Å². The number of pyridine rings is 1. The second-order valence-electron chi connectivity index (χ2n) is 14.4. The fourth-order valence-electron chi connectivity index (χ4n) is 6.71. The third-order valence-electron chi connectivity index (χ3n) is 9.92. The molecule has 2 heterocycles. The SMILES string of the molecule is Cc1c(C#N)c(Nc2ccc(S(=O)(=O)[O-])cc2)nc(Nc2ccc(S(=O)(=O)[O-])cc2)c1N=Nc1nc(-c2ccc3ccccc3c2)c(N=Nc2cc(S(=O)(=O)[O-])c3cc(COC=N)c[c-]c3c2)s1.[Li+].[Li+].[Li+].[Li+]. The number of fused-ring (bicyclic) bond motifs is 2. The van der Waals surface area contributed by atoms with Crippen molar-refractivity contribution >= 4 is 114 Å². The summed E-state index contributed by atoms with van der Waals surface area (Å²) in [7, 11) is -14.6. The van der Waals surface area contributed by atoms with E-state index in [0.717, 1.165) is 58.8 Å². The molecule has 6 aromatic carbocycles. The van der Waals surface area contributed by atoms with Crippen molar-refractivity contribution in [1.82, 2.24) is 9.97 Å². The Hall–Kier alpha value is -5.50. The molecular weight excluding hydrogens is 985 g/mol. The summed E-state index contributed by atoms with van der Waals surface area (Å²) in [5.41, 5.74) is 2.07. The zero-order valence-corrected chi connectivity index (χ0v) is 41.9. The predicted octanol–water partition coefficient (Wildman–Crippen LogP) is -2.34. The molecule has 28 heteroatoms. The van der Waals surface area contributed by atoms with Crippen molar-refractivity contribution < 1.29 is 119 Å².